The molecular weight excluding hydrogens is 250 g/mol. The van der Waals surface area contributed by atoms with E-state index in [0.717, 1.165) is 15.3 Å². The van der Waals surface area contributed by atoms with Crippen molar-refractivity contribution in [2.75, 3.05) is 12.4 Å². The second-order valence-electron chi connectivity index (χ2n) is 2.81. The fourth-order valence-electron chi connectivity index (χ4n) is 1.13. The molecule has 0 atom stereocenters. The molecule has 0 fully saturated rings. The lowest BCUT2D eigenvalue weighted by molar-refractivity contribution is 1.19. The fourth-order valence-corrected chi connectivity index (χ4v) is 2.46. The number of thiazole rings is 1. The summed E-state index contributed by atoms with van der Waals surface area (Å²) in [7, 11) is 1.76. The highest BCUT2D eigenvalue weighted by Crippen LogP contribution is 2.30. The van der Waals surface area contributed by atoms with Crippen molar-refractivity contribution in [2.45, 2.75) is 0 Å². The van der Waals surface area contributed by atoms with Gasteiger partial charge in [-0.2, -0.15) is 0 Å². The van der Waals surface area contributed by atoms with E-state index in [2.05, 4.69) is 15.6 Å². The monoisotopic (exact) mass is 257 g/mol. The van der Waals surface area contributed by atoms with E-state index in [1.165, 1.54) is 11.3 Å². The number of nitrogens with zero attached hydrogens (tertiary/aromatic N) is 1. The van der Waals surface area contributed by atoms with Gasteiger partial charge in [-0.3, -0.25) is 0 Å². The highest BCUT2D eigenvalue weighted by molar-refractivity contribution is 7.80. The maximum Gasteiger partial charge on any atom is 0.190 e. The number of anilines is 1. The Balaban J connectivity index is 2.39. The molecule has 2 N–H and O–H groups in total. The van der Waals surface area contributed by atoms with Crippen molar-refractivity contribution < 1.29 is 0 Å². The topological polar surface area (TPSA) is 37.0 Å². The zero-order chi connectivity index (χ0) is 10.8. The molecule has 2 rings (SSSR count). The average molecular weight is 258 g/mol. The normalized spacial score (nSPS) is 10.3. The van der Waals surface area contributed by atoms with Crippen LogP contribution in [0.3, 0.4) is 0 Å². The Kier molecular flexibility index (Phi) is 3.04. The molecule has 0 aliphatic rings. The Morgan fingerprint density at radius 3 is 3.00 bits per heavy atom. The minimum atomic E-state index is 0.546. The van der Waals surface area contributed by atoms with Crippen LogP contribution in [0.5, 0.6) is 0 Å². The van der Waals surface area contributed by atoms with Crippen LogP contribution in [0.4, 0.5) is 5.13 Å². The van der Waals surface area contributed by atoms with E-state index in [-0.39, 0.29) is 0 Å². The Labute approximate surface area is 101 Å². The minimum Gasteiger partial charge on any atom is -0.365 e. The van der Waals surface area contributed by atoms with Gasteiger partial charge in [0.15, 0.2) is 10.2 Å². The lowest BCUT2D eigenvalue weighted by Gasteiger charge is -2.00. The zero-order valence-corrected chi connectivity index (χ0v) is 10.3. The first kappa shape index (κ1) is 10.6. The molecule has 0 spiro atoms. The number of fused-ring (bicyclic) bond motifs is 1. The van der Waals surface area contributed by atoms with Crippen molar-refractivity contribution >= 4 is 55.6 Å². The van der Waals surface area contributed by atoms with Crippen LogP contribution >= 0.6 is 35.2 Å². The summed E-state index contributed by atoms with van der Waals surface area (Å²) < 4.78 is 1.05. The molecule has 1 heterocycles. The minimum absolute atomic E-state index is 0.546. The van der Waals surface area contributed by atoms with Crippen LogP contribution in [0.2, 0.25) is 5.02 Å². The van der Waals surface area contributed by atoms with Crippen LogP contribution in [-0.2, 0) is 0 Å². The highest BCUT2D eigenvalue weighted by Gasteiger charge is 2.06. The first-order chi connectivity index (χ1) is 7.20. The molecule has 1 aromatic heterocycles. The zero-order valence-electron chi connectivity index (χ0n) is 7.87. The van der Waals surface area contributed by atoms with Crippen LogP contribution in [0, 0.1) is 0 Å². The smallest absolute Gasteiger partial charge is 0.190 e. The van der Waals surface area contributed by atoms with Gasteiger partial charge < -0.3 is 10.6 Å². The van der Waals surface area contributed by atoms with Gasteiger partial charge in [0.05, 0.1) is 9.72 Å². The Morgan fingerprint density at radius 2 is 2.33 bits per heavy atom. The molecule has 0 unspecified atom stereocenters. The quantitative estimate of drug-likeness (QED) is 0.771. The number of aromatic nitrogens is 1. The summed E-state index contributed by atoms with van der Waals surface area (Å²) in [6.45, 7) is 0. The molecule has 0 saturated heterocycles. The van der Waals surface area contributed by atoms with Crippen molar-refractivity contribution in [1.82, 2.24) is 10.3 Å². The third-order valence-electron chi connectivity index (χ3n) is 1.82. The van der Waals surface area contributed by atoms with Gasteiger partial charge in [0.2, 0.25) is 0 Å². The molecule has 6 heteroatoms. The molecule has 3 nitrogen and oxygen atoms in total. The summed E-state index contributed by atoms with van der Waals surface area (Å²) in [5.41, 5.74) is 0.811. The van der Waals surface area contributed by atoms with Gasteiger partial charge in [0.1, 0.15) is 5.52 Å². The lowest BCUT2D eigenvalue weighted by atomic mass is 10.3. The third-order valence-corrected chi connectivity index (χ3v) is 3.36. The second-order valence-corrected chi connectivity index (χ2v) is 4.66. The van der Waals surface area contributed by atoms with E-state index in [4.69, 9.17) is 23.8 Å². The molecular formula is C9H8ClN3S2. The summed E-state index contributed by atoms with van der Waals surface area (Å²) in [5, 5.41) is 7.76. The van der Waals surface area contributed by atoms with E-state index < -0.39 is 0 Å². The fraction of sp³-hybridized carbons (Fsp3) is 0.111. The number of nitrogens with one attached hydrogen (secondary N) is 2. The number of rotatable bonds is 1. The molecule has 78 valence electrons. The molecule has 0 saturated carbocycles. The number of hydrogen-bond acceptors (Lipinski definition) is 3. The standard InChI is InChI=1S/C9H8ClN3S2/c1-11-8(14)13-9-12-7-5(10)3-2-4-6(7)15-9/h2-4H,1H3,(H2,11,12,13,14). The summed E-state index contributed by atoms with van der Waals surface area (Å²) >= 11 is 12.5. The summed E-state index contributed by atoms with van der Waals surface area (Å²) in [6.07, 6.45) is 0. The van der Waals surface area contributed by atoms with Gasteiger partial charge in [-0.1, -0.05) is 29.0 Å². The van der Waals surface area contributed by atoms with Gasteiger partial charge in [-0.05, 0) is 24.4 Å². The van der Waals surface area contributed by atoms with Crippen molar-refractivity contribution in [3.63, 3.8) is 0 Å². The Hall–Kier alpha value is -0.910. The largest absolute Gasteiger partial charge is 0.365 e. The number of thiocarbonyl (C=S) groups is 1. The molecule has 0 amide bonds. The average Bonchev–Trinajstić information content (AvgIpc) is 2.62. The number of hydrogen-bond donors (Lipinski definition) is 2. The van der Waals surface area contributed by atoms with E-state index in [1.54, 1.807) is 7.05 Å². The molecule has 15 heavy (non-hydrogen) atoms. The van der Waals surface area contributed by atoms with Crippen LogP contribution in [0.1, 0.15) is 0 Å². The number of benzene rings is 1. The van der Waals surface area contributed by atoms with Gasteiger partial charge >= 0.3 is 0 Å². The van der Waals surface area contributed by atoms with Crippen LogP contribution in [-0.4, -0.2) is 17.1 Å². The molecule has 0 aliphatic carbocycles. The summed E-state index contributed by atoms with van der Waals surface area (Å²) in [4.78, 5) is 4.35. The van der Waals surface area contributed by atoms with Crippen molar-refractivity contribution in [3.8, 4) is 0 Å². The van der Waals surface area contributed by atoms with E-state index in [0.29, 0.717) is 10.1 Å². The van der Waals surface area contributed by atoms with E-state index in [1.807, 2.05) is 18.2 Å². The third kappa shape index (κ3) is 2.19. The molecule has 2 aromatic rings. The van der Waals surface area contributed by atoms with Crippen molar-refractivity contribution in [3.05, 3.63) is 23.2 Å². The highest BCUT2D eigenvalue weighted by atomic mass is 35.5. The summed E-state index contributed by atoms with van der Waals surface area (Å²) in [6, 6.07) is 5.71. The van der Waals surface area contributed by atoms with Gasteiger partial charge in [0.25, 0.3) is 0 Å². The Bertz CT molecular complexity index is 509. The molecule has 0 bridgehead atoms. The predicted molar refractivity (Wildman–Crippen MR) is 69.9 cm³/mol. The maximum atomic E-state index is 6.01. The lowest BCUT2D eigenvalue weighted by Crippen LogP contribution is -2.23. The molecule has 0 aliphatic heterocycles. The summed E-state index contributed by atoms with van der Waals surface area (Å²) in [5.74, 6) is 0. The predicted octanol–water partition coefficient (Wildman–Crippen LogP) is 2.87. The van der Waals surface area contributed by atoms with Crippen LogP contribution in [0.25, 0.3) is 10.2 Å². The van der Waals surface area contributed by atoms with Gasteiger partial charge in [-0.15, -0.1) is 0 Å². The Morgan fingerprint density at radius 1 is 1.53 bits per heavy atom. The van der Waals surface area contributed by atoms with Crippen LogP contribution < -0.4 is 10.6 Å². The van der Waals surface area contributed by atoms with Gasteiger partial charge in [0, 0.05) is 7.05 Å². The first-order valence-electron chi connectivity index (χ1n) is 4.24. The SMILES string of the molecule is CNC(=S)Nc1nc2c(Cl)cccc2s1. The van der Waals surface area contributed by atoms with Crippen LogP contribution in [0.15, 0.2) is 18.2 Å². The van der Waals surface area contributed by atoms with Crippen molar-refractivity contribution in [2.24, 2.45) is 0 Å². The van der Waals surface area contributed by atoms with E-state index >= 15 is 0 Å². The maximum absolute atomic E-state index is 6.01. The van der Waals surface area contributed by atoms with Gasteiger partial charge in [-0.25, -0.2) is 4.98 Å². The first-order valence-corrected chi connectivity index (χ1v) is 5.85. The molecule has 1 aromatic carbocycles. The van der Waals surface area contributed by atoms with Crippen molar-refractivity contribution in [1.29, 1.82) is 0 Å². The number of halogens is 1. The second kappa shape index (κ2) is 4.30. The number of para-hydroxylation sites is 1. The van der Waals surface area contributed by atoms with E-state index in [9.17, 15) is 0 Å². The molecule has 0 radical (unpaired) electrons.